The van der Waals surface area contributed by atoms with Gasteiger partial charge in [-0.1, -0.05) is 6.07 Å². The lowest BCUT2D eigenvalue weighted by Crippen LogP contribution is -2.25. The van der Waals surface area contributed by atoms with Crippen molar-refractivity contribution in [3.05, 3.63) is 46.8 Å². The van der Waals surface area contributed by atoms with E-state index < -0.39 is 0 Å². The molecule has 1 atom stereocenters. The maximum atomic E-state index is 9.70. The van der Waals surface area contributed by atoms with Gasteiger partial charge >= 0.3 is 0 Å². The van der Waals surface area contributed by atoms with Crippen LogP contribution < -0.4 is 5.32 Å². The maximum absolute atomic E-state index is 9.70. The Hall–Kier alpha value is -1.81. The second-order valence-corrected chi connectivity index (χ2v) is 5.59. The fraction of sp³-hybridized carbons (Fsp3) is 0.438. The average molecular weight is 271 g/mol. The van der Waals surface area contributed by atoms with Crippen LogP contribution in [-0.4, -0.2) is 14.9 Å². The summed E-state index contributed by atoms with van der Waals surface area (Å²) in [5.74, 6) is 0.356. The molecule has 20 heavy (non-hydrogen) atoms. The fourth-order valence-electron chi connectivity index (χ4n) is 2.95. The molecule has 4 nitrogen and oxygen atoms in total. The molecule has 3 rings (SSSR count). The minimum absolute atomic E-state index is 0.324. The van der Waals surface area contributed by atoms with E-state index in [1.165, 1.54) is 28.8 Å². The topological polar surface area (TPSA) is 50.1 Å². The van der Waals surface area contributed by atoms with Crippen LogP contribution in [0.1, 0.15) is 41.3 Å². The van der Waals surface area contributed by atoms with Gasteiger partial charge in [-0.15, -0.1) is 0 Å². The van der Waals surface area contributed by atoms with Crippen molar-refractivity contribution in [3.8, 4) is 5.75 Å². The SMILES string of the molecule is Cc1c(CNC2CCCc3ccc(O)cc32)cnn1C. The summed E-state index contributed by atoms with van der Waals surface area (Å²) in [5.41, 5.74) is 5.04. The summed E-state index contributed by atoms with van der Waals surface area (Å²) in [6.45, 7) is 2.91. The molecule has 0 bridgehead atoms. The molecular weight excluding hydrogens is 250 g/mol. The van der Waals surface area contributed by atoms with E-state index in [0.717, 1.165) is 19.4 Å². The highest BCUT2D eigenvalue weighted by molar-refractivity contribution is 5.38. The molecule has 0 fully saturated rings. The number of benzene rings is 1. The zero-order valence-electron chi connectivity index (χ0n) is 12.1. The molecular formula is C16H21N3O. The van der Waals surface area contributed by atoms with Crippen LogP contribution in [0.3, 0.4) is 0 Å². The number of nitrogens with zero attached hydrogens (tertiary/aromatic N) is 2. The third-order valence-corrected chi connectivity index (χ3v) is 4.32. The average Bonchev–Trinajstić information content (AvgIpc) is 2.76. The summed E-state index contributed by atoms with van der Waals surface area (Å²) >= 11 is 0. The Labute approximate surface area is 119 Å². The lowest BCUT2D eigenvalue weighted by molar-refractivity contribution is 0.445. The van der Waals surface area contributed by atoms with Gasteiger partial charge in [0.1, 0.15) is 5.75 Å². The molecule has 4 heteroatoms. The molecule has 0 aliphatic heterocycles. The number of rotatable bonds is 3. The monoisotopic (exact) mass is 271 g/mol. The Morgan fingerprint density at radius 1 is 1.45 bits per heavy atom. The van der Waals surface area contributed by atoms with Gasteiger partial charge in [-0.25, -0.2) is 0 Å². The molecule has 1 unspecified atom stereocenters. The van der Waals surface area contributed by atoms with Gasteiger partial charge in [0.2, 0.25) is 0 Å². The largest absolute Gasteiger partial charge is 0.508 e. The number of aromatic nitrogens is 2. The number of fused-ring (bicyclic) bond motifs is 1. The first-order chi connectivity index (χ1) is 9.65. The second kappa shape index (κ2) is 5.29. The van der Waals surface area contributed by atoms with Crippen LogP contribution >= 0.6 is 0 Å². The first-order valence-electron chi connectivity index (χ1n) is 7.18. The molecule has 2 N–H and O–H groups in total. The van der Waals surface area contributed by atoms with E-state index in [9.17, 15) is 5.11 Å². The first kappa shape index (κ1) is 13.2. The van der Waals surface area contributed by atoms with E-state index in [-0.39, 0.29) is 0 Å². The van der Waals surface area contributed by atoms with Gasteiger partial charge in [0, 0.05) is 30.9 Å². The van der Waals surface area contributed by atoms with Crippen LogP contribution in [-0.2, 0) is 20.0 Å². The molecule has 1 aliphatic rings. The summed E-state index contributed by atoms with van der Waals surface area (Å²) in [6, 6.07) is 6.06. The molecule has 1 heterocycles. The van der Waals surface area contributed by atoms with Gasteiger partial charge in [-0.05, 0) is 49.4 Å². The van der Waals surface area contributed by atoms with Crippen molar-refractivity contribution >= 4 is 0 Å². The number of nitrogens with one attached hydrogen (secondary N) is 1. The minimum Gasteiger partial charge on any atom is -0.508 e. The van der Waals surface area contributed by atoms with E-state index in [0.29, 0.717) is 11.8 Å². The zero-order valence-corrected chi connectivity index (χ0v) is 12.1. The molecule has 1 aliphatic carbocycles. The van der Waals surface area contributed by atoms with Crippen molar-refractivity contribution in [2.45, 2.75) is 38.8 Å². The van der Waals surface area contributed by atoms with Crippen LogP contribution in [0.15, 0.2) is 24.4 Å². The molecule has 0 saturated heterocycles. The summed E-state index contributed by atoms with van der Waals surface area (Å²) in [6.07, 6.45) is 5.35. The maximum Gasteiger partial charge on any atom is 0.115 e. The van der Waals surface area contributed by atoms with Gasteiger partial charge in [-0.3, -0.25) is 4.68 Å². The smallest absolute Gasteiger partial charge is 0.115 e. The Balaban J connectivity index is 1.76. The molecule has 1 aromatic carbocycles. The van der Waals surface area contributed by atoms with E-state index in [4.69, 9.17) is 0 Å². The molecule has 0 spiro atoms. The Morgan fingerprint density at radius 3 is 3.05 bits per heavy atom. The van der Waals surface area contributed by atoms with Crippen LogP contribution in [0, 0.1) is 6.92 Å². The molecule has 0 radical (unpaired) electrons. The van der Waals surface area contributed by atoms with E-state index in [1.807, 2.05) is 30.1 Å². The number of hydrogen-bond acceptors (Lipinski definition) is 3. The third-order valence-electron chi connectivity index (χ3n) is 4.32. The van der Waals surface area contributed by atoms with E-state index in [1.54, 1.807) is 6.07 Å². The summed E-state index contributed by atoms with van der Waals surface area (Å²) in [4.78, 5) is 0. The van der Waals surface area contributed by atoms with Crippen LogP contribution in [0.5, 0.6) is 5.75 Å². The molecule has 1 aromatic heterocycles. The number of phenolic OH excluding ortho intramolecular Hbond substituents is 1. The number of phenols is 1. The number of hydrogen-bond donors (Lipinski definition) is 2. The van der Waals surface area contributed by atoms with Crippen molar-refractivity contribution in [1.29, 1.82) is 0 Å². The Morgan fingerprint density at radius 2 is 2.30 bits per heavy atom. The van der Waals surface area contributed by atoms with Gasteiger partial charge in [0.25, 0.3) is 0 Å². The van der Waals surface area contributed by atoms with Crippen molar-refractivity contribution in [1.82, 2.24) is 15.1 Å². The number of aromatic hydroxyl groups is 1. The minimum atomic E-state index is 0.324. The van der Waals surface area contributed by atoms with E-state index >= 15 is 0 Å². The molecule has 106 valence electrons. The highest BCUT2D eigenvalue weighted by Crippen LogP contribution is 2.32. The van der Waals surface area contributed by atoms with Crippen molar-refractivity contribution in [2.75, 3.05) is 0 Å². The standard InChI is InChI=1S/C16H21N3O/c1-11-13(10-18-19(11)2)9-17-16-5-3-4-12-6-7-14(20)8-15(12)16/h6-8,10,16-17,20H,3-5,9H2,1-2H3. The van der Waals surface area contributed by atoms with Crippen molar-refractivity contribution in [3.63, 3.8) is 0 Å². The van der Waals surface area contributed by atoms with Crippen LogP contribution in [0.2, 0.25) is 0 Å². The highest BCUT2D eigenvalue weighted by atomic mass is 16.3. The fourth-order valence-corrected chi connectivity index (χ4v) is 2.95. The normalized spacial score (nSPS) is 18.0. The quantitative estimate of drug-likeness (QED) is 0.902. The summed E-state index contributed by atoms with van der Waals surface area (Å²) in [5, 5.41) is 17.6. The summed E-state index contributed by atoms with van der Waals surface area (Å²) in [7, 11) is 1.97. The zero-order chi connectivity index (χ0) is 14.1. The molecule has 0 amide bonds. The molecule has 0 saturated carbocycles. The highest BCUT2D eigenvalue weighted by Gasteiger charge is 2.20. The number of aryl methyl sites for hydroxylation is 2. The summed E-state index contributed by atoms with van der Waals surface area (Å²) < 4.78 is 1.90. The van der Waals surface area contributed by atoms with Crippen LogP contribution in [0.25, 0.3) is 0 Å². The van der Waals surface area contributed by atoms with Gasteiger partial charge in [0.15, 0.2) is 0 Å². The van der Waals surface area contributed by atoms with Crippen molar-refractivity contribution in [2.24, 2.45) is 7.05 Å². The Bertz CT molecular complexity index is 618. The lowest BCUT2D eigenvalue weighted by Gasteiger charge is -2.26. The third kappa shape index (κ3) is 2.43. The predicted octanol–water partition coefficient (Wildman–Crippen LogP) is 2.60. The Kier molecular flexibility index (Phi) is 3.49. The van der Waals surface area contributed by atoms with Crippen LogP contribution in [0.4, 0.5) is 0 Å². The predicted molar refractivity (Wildman–Crippen MR) is 78.6 cm³/mol. The second-order valence-electron chi connectivity index (χ2n) is 5.59. The van der Waals surface area contributed by atoms with Gasteiger partial charge < -0.3 is 10.4 Å². The first-order valence-corrected chi connectivity index (χ1v) is 7.18. The van der Waals surface area contributed by atoms with Crippen molar-refractivity contribution < 1.29 is 5.11 Å². The molecule has 2 aromatic rings. The van der Waals surface area contributed by atoms with Gasteiger partial charge in [-0.2, -0.15) is 5.10 Å². The lowest BCUT2D eigenvalue weighted by atomic mass is 9.87. The van der Waals surface area contributed by atoms with Gasteiger partial charge in [0.05, 0.1) is 6.20 Å². The van der Waals surface area contributed by atoms with E-state index in [2.05, 4.69) is 17.3 Å².